The molecule has 0 amide bonds. The summed E-state index contributed by atoms with van der Waals surface area (Å²) in [7, 11) is 0. The summed E-state index contributed by atoms with van der Waals surface area (Å²) < 4.78 is 11.6. The maximum Gasteiger partial charge on any atom is 0.252 e. The first-order valence-electron chi connectivity index (χ1n) is 17.2. The van der Waals surface area contributed by atoms with Gasteiger partial charge in [-0.3, -0.25) is 0 Å². The Morgan fingerprint density at radius 1 is 0.479 bits per heavy atom. The zero-order valence-electron chi connectivity index (χ0n) is 29.7. The smallest absolute Gasteiger partial charge is 0.252 e. The van der Waals surface area contributed by atoms with E-state index in [9.17, 15) is 0 Å². The van der Waals surface area contributed by atoms with Gasteiger partial charge in [-0.05, 0) is 97.9 Å². The predicted octanol–water partition coefficient (Wildman–Crippen LogP) is 9.39. The Kier molecular flexibility index (Phi) is 6.67. The Balaban J connectivity index is 1.46. The topological polar surface area (TPSA) is 24.9 Å². The molecular weight excluding hydrogens is 587 g/mol. The molecule has 0 bridgehead atoms. The predicted molar refractivity (Wildman–Crippen MR) is 203 cm³/mol. The number of benzene rings is 5. The van der Waals surface area contributed by atoms with Gasteiger partial charge < -0.3 is 19.3 Å². The summed E-state index contributed by atoms with van der Waals surface area (Å²) in [6.45, 7) is 21.0. The summed E-state index contributed by atoms with van der Waals surface area (Å²) in [6, 6.07) is 36.6. The lowest BCUT2D eigenvalue weighted by Gasteiger charge is -2.45. The van der Waals surface area contributed by atoms with Gasteiger partial charge >= 0.3 is 0 Å². The number of rotatable bonds is 2. The van der Waals surface area contributed by atoms with E-state index in [0.29, 0.717) is 0 Å². The van der Waals surface area contributed by atoms with Gasteiger partial charge in [0.2, 0.25) is 6.79 Å². The number of hydrogen-bond acceptors (Lipinski definition) is 4. The van der Waals surface area contributed by atoms with Gasteiger partial charge in [0.05, 0.1) is 5.69 Å². The Morgan fingerprint density at radius 3 is 1.71 bits per heavy atom. The molecular formula is C43H45BN2O2. The van der Waals surface area contributed by atoms with E-state index in [-0.39, 0.29) is 29.8 Å². The molecule has 5 aromatic rings. The molecule has 3 aliphatic heterocycles. The molecule has 242 valence electrons. The van der Waals surface area contributed by atoms with Crippen molar-refractivity contribution in [1.82, 2.24) is 0 Å². The Morgan fingerprint density at radius 2 is 1.04 bits per heavy atom. The molecule has 0 aromatic heterocycles. The van der Waals surface area contributed by atoms with Crippen LogP contribution in [0.2, 0.25) is 0 Å². The van der Waals surface area contributed by atoms with Crippen LogP contribution < -0.4 is 35.7 Å². The average molecular weight is 633 g/mol. The summed E-state index contributed by atoms with van der Waals surface area (Å²) in [5.41, 5.74) is 15.1. The number of hydrogen-bond donors (Lipinski definition) is 0. The van der Waals surface area contributed by atoms with E-state index in [0.717, 1.165) is 17.2 Å². The molecule has 5 heteroatoms. The molecule has 0 radical (unpaired) electrons. The van der Waals surface area contributed by atoms with E-state index < -0.39 is 0 Å². The van der Waals surface area contributed by atoms with E-state index in [4.69, 9.17) is 9.47 Å². The minimum Gasteiger partial charge on any atom is -0.454 e. The minimum atomic E-state index is -0.0727. The van der Waals surface area contributed by atoms with E-state index >= 15 is 0 Å². The fraction of sp³-hybridized carbons (Fsp3) is 0.302. The molecule has 0 spiro atoms. The van der Waals surface area contributed by atoms with Gasteiger partial charge in [-0.1, -0.05) is 105 Å². The number of ether oxygens (including phenoxy) is 2. The van der Waals surface area contributed by atoms with Gasteiger partial charge in [-0.25, -0.2) is 0 Å². The Bertz CT molecular complexity index is 2080. The van der Waals surface area contributed by atoms with Crippen LogP contribution in [0.3, 0.4) is 0 Å². The number of anilines is 6. The number of fused-ring (bicyclic) bond motifs is 5. The van der Waals surface area contributed by atoms with Crippen LogP contribution in [-0.4, -0.2) is 13.5 Å². The van der Waals surface area contributed by atoms with Crippen molar-refractivity contribution in [3.63, 3.8) is 0 Å². The second-order valence-corrected chi connectivity index (χ2v) is 16.7. The van der Waals surface area contributed by atoms with Crippen LogP contribution in [0, 0.1) is 0 Å². The second kappa shape index (κ2) is 10.4. The lowest BCUT2D eigenvalue weighted by molar-refractivity contribution is 0.174. The Labute approximate surface area is 286 Å². The van der Waals surface area contributed by atoms with Crippen molar-refractivity contribution in [3.05, 3.63) is 114 Å². The highest BCUT2D eigenvalue weighted by molar-refractivity contribution is 7.00. The van der Waals surface area contributed by atoms with Crippen LogP contribution in [0.1, 0.15) is 79.0 Å². The standard InChI is InChI=1S/C43H45BN2O2/c1-41(2,3)27-14-17-30(18-15-27)45-35-20-16-28(42(4,5)6)22-33(35)44-32-12-10-11-13-34(32)46(31-19-21-38-39(25-31)48-26-47-38)37-24-29(43(7,8)9)23-36(45)40(37)44/h10-25H,26H2,1-9H3. The normalized spacial score (nSPS) is 14.9. The van der Waals surface area contributed by atoms with E-state index in [1.54, 1.807) is 0 Å². The molecule has 0 aliphatic carbocycles. The van der Waals surface area contributed by atoms with Gasteiger partial charge in [-0.2, -0.15) is 0 Å². The molecule has 0 saturated heterocycles. The fourth-order valence-electron chi connectivity index (χ4n) is 7.54. The molecule has 4 nitrogen and oxygen atoms in total. The second-order valence-electron chi connectivity index (χ2n) is 16.7. The molecule has 0 N–H and O–H groups in total. The van der Waals surface area contributed by atoms with Crippen molar-refractivity contribution in [3.8, 4) is 11.5 Å². The van der Waals surface area contributed by atoms with Gasteiger partial charge in [0.1, 0.15) is 0 Å². The lowest BCUT2D eigenvalue weighted by atomic mass is 9.33. The van der Waals surface area contributed by atoms with Crippen molar-refractivity contribution in [2.75, 3.05) is 16.6 Å². The van der Waals surface area contributed by atoms with Crippen LogP contribution in [0.4, 0.5) is 34.1 Å². The zero-order chi connectivity index (χ0) is 33.7. The molecule has 8 rings (SSSR count). The van der Waals surface area contributed by atoms with Crippen LogP contribution in [0.25, 0.3) is 0 Å². The van der Waals surface area contributed by atoms with Crippen molar-refractivity contribution in [1.29, 1.82) is 0 Å². The van der Waals surface area contributed by atoms with Gasteiger partial charge in [0, 0.05) is 34.5 Å². The average Bonchev–Trinajstić information content (AvgIpc) is 3.51. The molecule has 3 heterocycles. The van der Waals surface area contributed by atoms with Gasteiger partial charge in [-0.15, -0.1) is 0 Å². The summed E-state index contributed by atoms with van der Waals surface area (Å²) in [5, 5.41) is 0. The van der Waals surface area contributed by atoms with Crippen molar-refractivity contribution >= 4 is 57.2 Å². The molecule has 0 saturated carbocycles. The minimum absolute atomic E-state index is 0.0140. The molecule has 48 heavy (non-hydrogen) atoms. The fourth-order valence-corrected chi connectivity index (χ4v) is 7.54. The first kappa shape index (κ1) is 30.7. The first-order chi connectivity index (χ1) is 22.7. The maximum atomic E-state index is 5.90. The molecule has 5 aromatic carbocycles. The number of para-hydroxylation sites is 1. The molecule has 0 unspecified atom stereocenters. The summed E-state index contributed by atoms with van der Waals surface area (Å²) in [5.74, 6) is 1.58. The van der Waals surface area contributed by atoms with E-state index in [1.807, 2.05) is 6.07 Å². The summed E-state index contributed by atoms with van der Waals surface area (Å²) in [6.07, 6.45) is 0. The molecule has 0 atom stereocenters. The van der Waals surface area contributed by atoms with Crippen LogP contribution >= 0.6 is 0 Å². The van der Waals surface area contributed by atoms with E-state index in [1.165, 1.54) is 61.5 Å². The highest BCUT2D eigenvalue weighted by Gasteiger charge is 2.44. The third-order valence-electron chi connectivity index (χ3n) is 10.3. The monoisotopic (exact) mass is 632 g/mol. The van der Waals surface area contributed by atoms with Crippen molar-refractivity contribution in [2.45, 2.75) is 78.6 Å². The quantitative estimate of drug-likeness (QED) is 0.177. The first-order valence-corrected chi connectivity index (χ1v) is 17.2. The maximum absolute atomic E-state index is 5.90. The molecule has 3 aliphatic rings. The third-order valence-corrected chi connectivity index (χ3v) is 10.3. The summed E-state index contributed by atoms with van der Waals surface area (Å²) in [4.78, 5) is 4.96. The highest BCUT2D eigenvalue weighted by atomic mass is 16.7. The third kappa shape index (κ3) is 4.81. The van der Waals surface area contributed by atoms with Gasteiger partial charge in [0.25, 0.3) is 6.71 Å². The highest BCUT2D eigenvalue weighted by Crippen LogP contribution is 2.48. The van der Waals surface area contributed by atoms with Crippen LogP contribution in [-0.2, 0) is 16.2 Å². The zero-order valence-corrected chi connectivity index (χ0v) is 29.7. The molecule has 0 fully saturated rings. The van der Waals surface area contributed by atoms with Crippen molar-refractivity contribution < 1.29 is 9.47 Å². The Hall–Kier alpha value is -4.64. The number of nitrogens with zero attached hydrogens (tertiary/aromatic N) is 2. The van der Waals surface area contributed by atoms with Gasteiger partial charge in [0.15, 0.2) is 11.5 Å². The van der Waals surface area contributed by atoms with Crippen molar-refractivity contribution in [2.24, 2.45) is 0 Å². The van der Waals surface area contributed by atoms with E-state index in [2.05, 4.69) is 163 Å². The largest absolute Gasteiger partial charge is 0.454 e. The SMILES string of the molecule is CC(C)(C)c1ccc(N2c3ccc(C(C)(C)C)cc3B3c4ccccc4N(c4ccc5c(c4)OCO5)c4cc(C(C)(C)C)cc2c43)cc1. The lowest BCUT2D eigenvalue weighted by Crippen LogP contribution is -2.61. The summed E-state index contributed by atoms with van der Waals surface area (Å²) >= 11 is 0. The van der Waals surface area contributed by atoms with Crippen LogP contribution in [0.15, 0.2) is 97.1 Å². The van der Waals surface area contributed by atoms with Crippen LogP contribution in [0.5, 0.6) is 11.5 Å².